The summed E-state index contributed by atoms with van der Waals surface area (Å²) in [7, 11) is 1.31. The second kappa shape index (κ2) is 16.8. The Hall–Kier alpha value is -4.42. The van der Waals surface area contributed by atoms with E-state index in [1.54, 1.807) is 11.8 Å². The number of ether oxygens (including phenoxy) is 2. The number of methoxy groups -OCH3 is 1. The van der Waals surface area contributed by atoms with Gasteiger partial charge in [0.25, 0.3) is 0 Å². The highest BCUT2D eigenvalue weighted by atomic mass is 32.2. The van der Waals surface area contributed by atoms with Gasteiger partial charge in [-0.1, -0.05) is 91.0 Å². The summed E-state index contributed by atoms with van der Waals surface area (Å²) < 4.78 is 11.4. The van der Waals surface area contributed by atoms with E-state index < -0.39 is 12.1 Å². The van der Waals surface area contributed by atoms with Crippen LogP contribution in [-0.4, -0.2) is 56.1 Å². The van der Waals surface area contributed by atoms with E-state index in [0.29, 0.717) is 5.56 Å². The number of benzene rings is 4. The van der Waals surface area contributed by atoms with Crippen LogP contribution in [0, 0.1) is 11.3 Å². The van der Waals surface area contributed by atoms with E-state index in [-0.39, 0.29) is 30.3 Å². The van der Waals surface area contributed by atoms with Crippen molar-refractivity contribution in [2.75, 3.05) is 26.0 Å². The van der Waals surface area contributed by atoms with Gasteiger partial charge in [0.05, 0.1) is 31.0 Å². The molecule has 7 nitrogen and oxygen atoms in total. The van der Waals surface area contributed by atoms with Crippen LogP contribution in [0.2, 0.25) is 0 Å². The van der Waals surface area contributed by atoms with Crippen molar-refractivity contribution in [3.63, 3.8) is 0 Å². The van der Waals surface area contributed by atoms with Crippen LogP contribution in [0.1, 0.15) is 40.2 Å². The molecule has 0 aliphatic carbocycles. The largest absolute Gasteiger partial charge is 0.453 e. The van der Waals surface area contributed by atoms with E-state index >= 15 is 0 Å². The SMILES string of the molecule is COC(=O)N[C@H](C(=O)Cc1ccccc1CC[C@@H]1CNC[C@@H](CSc2cccc(C#N)c2)O1)C(c1ccccc1)c1ccccc1. The van der Waals surface area contributed by atoms with Crippen LogP contribution in [-0.2, 0) is 27.1 Å². The third-order valence-corrected chi connectivity index (χ3v) is 9.33. The molecule has 1 amide bonds. The van der Waals surface area contributed by atoms with E-state index in [2.05, 4.69) is 22.8 Å². The highest BCUT2D eigenvalue weighted by Gasteiger charge is 2.33. The molecule has 0 radical (unpaired) electrons. The number of thioether (sulfide) groups is 1. The fourth-order valence-electron chi connectivity index (χ4n) is 5.91. The quantitative estimate of drug-likeness (QED) is 0.167. The summed E-state index contributed by atoms with van der Waals surface area (Å²) in [5.41, 5.74) is 4.56. The van der Waals surface area contributed by atoms with Crippen molar-refractivity contribution in [2.24, 2.45) is 0 Å². The molecule has 1 aliphatic rings. The fourth-order valence-corrected chi connectivity index (χ4v) is 6.87. The molecule has 2 N–H and O–H groups in total. The molecule has 0 saturated carbocycles. The van der Waals surface area contributed by atoms with E-state index in [9.17, 15) is 14.9 Å². The number of amides is 1. The molecule has 1 saturated heterocycles. The maximum Gasteiger partial charge on any atom is 0.407 e. The number of carbonyl (C=O) groups is 2. The number of alkyl carbamates (subject to hydrolysis) is 1. The predicted octanol–water partition coefficient (Wildman–Crippen LogP) is 6.31. The lowest BCUT2D eigenvalue weighted by molar-refractivity contribution is -0.120. The minimum absolute atomic E-state index is 0.0443. The van der Waals surface area contributed by atoms with E-state index in [1.165, 1.54) is 7.11 Å². The molecule has 1 aliphatic heterocycles. The van der Waals surface area contributed by atoms with Gasteiger partial charge in [0.2, 0.25) is 0 Å². The van der Waals surface area contributed by atoms with Gasteiger partial charge in [-0.05, 0) is 53.3 Å². The highest BCUT2D eigenvalue weighted by Crippen LogP contribution is 2.30. The van der Waals surface area contributed by atoms with Gasteiger partial charge < -0.3 is 20.1 Å². The minimum Gasteiger partial charge on any atom is -0.453 e. The van der Waals surface area contributed by atoms with Crippen LogP contribution in [0.25, 0.3) is 0 Å². The molecule has 3 atom stereocenters. The summed E-state index contributed by atoms with van der Waals surface area (Å²) >= 11 is 1.70. The lowest BCUT2D eigenvalue weighted by Crippen LogP contribution is -2.46. The molecule has 5 rings (SSSR count). The maximum atomic E-state index is 14.2. The Morgan fingerprint density at radius 1 is 0.913 bits per heavy atom. The molecule has 1 fully saturated rings. The average molecular weight is 634 g/mol. The van der Waals surface area contributed by atoms with E-state index in [1.807, 2.05) is 103 Å². The first kappa shape index (κ1) is 33.0. The van der Waals surface area contributed by atoms with Gasteiger partial charge in [0, 0.05) is 36.1 Å². The van der Waals surface area contributed by atoms with E-state index in [4.69, 9.17) is 9.47 Å². The van der Waals surface area contributed by atoms with Gasteiger partial charge in [-0.15, -0.1) is 11.8 Å². The zero-order valence-electron chi connectivity index (χ0n) is 25.9. The molecule has 1 heterocycles. The predicted molar refractivity (Wildman–Crippen MR) is 181 cm³/mol. The first-order chi connectivity index (χ1) is 22.5. The summed E-state index contributed by atoms with van der Waals surface area (Å²) in [6.45, 7) is 1.55. The molecule has 236 valence electrons. The minimum atomic E-state index is -0.830. The molecule has 8 heteroatoms. The molecule has 4 aromatic rings. The van der Waals surface area contributed by atoms with Gasteiger partial charge in [-0.25, -0.2) is 4.79 Å². The zero-order valence-corrected chi connectivity index (χ0v) is 26.7. The molecule has 0 unspecified atom stereocenters. The van der Waals surface area contributed by atoms with Crippen LogP contribution in [0.3, 0.4) is 0 Å². The summed E-state index contributed by atoms with van der Waals surface area (Å²) in [5, 5.41) is 15.6. The number of Topliss-reactive ketones (excluding diaryl/α,β-unsaturated/α-hetero) is 1. The van der Waals surface area contributed by atoms with Crippen molar-refractivity contribution in [3.05, 3.63) is 137 Å². The number of ketones is 1. The van der Waals surface area contributed by atoms with Crippen LogP contribution in [0.4, 0.5) is 4.79 Å². The van der Waals surface area contributed by atoms with E-state index in [0.717, 1.165) is 58.8 Å². The first-order valence-corrected chi connectivity index (χ1v) is 16.6. The second-order valence-corrected chi connectivity index (χ2v) is 12.4. The molecular formula is C38H39N3O4S. The fraction of sp³-hybridized carbons (Fsp3) is 0.289. The van der Waals surface area contributed by atoms with Crippen molar-refractivity contribution in [1.29, 1.82) is 5.26 Å². The highest BCUT2D eigenvalue weighted by molar-refractivity contribution is 7.99. The molecule has 0 spiro atoms. The number of nitrogens with one attached hydrogen (secondary N) is 2. The topological polar surface area (TPSA) is 100 Å². The van der Waals surface area contributed by atoms with Crippen molar-refractivity contribution in [2.45, 2.75) is 48.3 Å². The Morgan fingerprint density at radius 3 is 2.24 bits per heavy atom. The standard InChI is InChI=1S/C38H39N3O4S/c1-44-38(43)41-37(36(29-13-4-2-5-14-29)30-15-6-3-7-16-30)35(42)22-31-17-9-8-12-28(31)19-20-32-24-40-25-33(45-32)26-46-34-18-10-11-27(21-34)23-39/h2-18,21,32-33,36-37,40H,19-20,22,24-26H2,1H3,(H,41,43)/t32-,33+,37-/m1/s1. The number of carbonyl (C=O) groups excluding carboxylic acids is 2. The summed E-state index contributed by atoms with van der Waals surface area (Å²) in [6.07, 6.45) is 1.20. The van der Waals surface area contributed by atoms with Crippen molar-refractivity contribution < 1.29 is 19.1 Å². The maximum absolute atomic E-state index is 14.2. The van der Waals surface area contributed by atoms with Crippen LogP contribution < -0.4 is 10.6 Å². The van der Waals surface area contributed by atoms with Gasteiger partial charge in [0.15, 0.2) is 5.78 Å². The van der Waals surface area contributed by atoms with Gasteiger partial charge in [-0.2, -0.15) is 5.26 Å². The lowest BCUT2D eigenvalue weighted by Gasteiger charge is -2.31. The summed E-state index contributed by atoms with van der Waals surface area (Å²) in [4.78, 5) is 27.8. The van der Waals surface area contributed by atoms with Gasteiger partial charge in [0.1, 0.15) is 6.04 Å². The average Bonchev–Trinajstić information content (AvgIpc) is 3.11. The normalized spacial score (nSPS) is 16.7. The van der Waals surface area contributed by atoms with Crippen molar-refractivity contribution in [3.8, 4) is 6.07 Å². The second-order valence-electron chi connectivity index (χ2n) is 11.4. The van der Waals surface area contributed by atoms with Gasteiger partial charge >= 0.3 is 6.09 Å². The summed E-state index contributed by atoms with van der Waals surface area (Å²) in [5.74, 6) is 0.311. The first-order valence-electron chi connectivity index (χ1n) is 15.6. The number of nitrogens with zero attached hydrogens (tertiary/aromatic N) is 1. The Morgan fingerprint density at radius 2 is 1.57 bits per heavy atom. The van der Waals surface area contributed by atoms with Gasteiger partial charge in [-0.3, -0.25) is 4.79 Å². The van der Waals surface area contributed by atoms with Crippen LogP contribution >= 0.6 is 11.8 Å². The molecule has 0 bridgehead atoms. The smallest absolute Gasteiger partial charge is 0.407 e. The summed E-state index contributed by atoms with van der Waals surface area (Å²) in [6, 6.07) is 36.6. The third-order valence-electron chi connectivity index (χ3n) is 8.20. The molecule has 4 aromatic carbocycles. The number of nitriles is 1. The number of hydrogen-bond donors (Lipinski definition) is 2. The Labute approximate surface area is 275 Å². The number of hydrogen-bond acceptors (Lipinski definition) is 7. The monoisotopic (exact) mass is 633 g/mol. The number of morpholine rings is 1. The third kappa shape index (κ3) is 9.07. The number of aryl methyl sites for hydroxylation is 1. The van der Waals surface area contributed by atoms with Crippen molar-refractivity contribution in [1.82, 2.24) is 10.6 Å². The van der Waals surface area contributed by atoms with Crippen molar-refractivity contribution >= 4 is 23.6 Å². The van der Waals surface area contributed by atoms with Crippen LogP contribution in [0.15, 0.2) is 114 Å². The Balaban J connectivity index is 1.27. The Bertz CT molecular complexity index is 1590. The molecule has 46 heavy (non-hydrogen) atoms. The zero-order chi connectivity index (χ0) is 32.1. The number of rotatable bonds is 13. The Kier molecular flexibility index (Phi) is 12.0. The lowest BCUT2D eigenvalue weighted by atomic mass is 9.81. The van der Waals surface area contributed by atoms with Crippen LogP contribution in [0.5, 0.6) is 0 Å². The molecule has 0 aromatic heterocycles. The molecular weight excluding hydrogens is 595 g/mol.